The molecule has 2 nitrogen and oxygen atoms in total. The number of rotatable bonds is 5. The van der Waals surface area contributed by atoms with Crippen LogP contribution < -0.4 is 5.32 Å². The fourth-order valence-corrected chi connectivity index (χ4v) is 4.82. The molecule has 3 aromatic rings. The van der Waals surface area contributed by atoms with E-state index in [4.69, 9.17) is 11.6 Å². The van der Waals surface area contributed by atoms with Gasteiger partial charge in [0.2, 0.25) is 0 Å². The van der Waals surface area contributed by atoms with Crippen molar-refractivity contribution in [2.45, 2.75) is 23.5 Å². The van der Waals surface area contributed by atoms with Gasteiger partial charge in [-0.1, -0.05) is 48.0 Å². The summed E-state index contributed by atoms with van der Waals surface area (Å²) in [4.78, 5) is 5.78. The minimum absolute atomic E-state index is 0.225. The lowest BCUT2D eigenvalue weighted by Gasteiger charge is -2.13. The van der Waals surface area contributed by atoms with Crippen molar-refractivity contribution in [3.8, 4) is 0 Å². The Morgan fingerprint density at radius 1 is 0.966 bits per heavy atom. The zero-order valence-electron chi connectivity index (χ0n) is 16.0. The molecule has 1 aromatic heterocycles. The molecular weight excluding hydrogens is 403 g/mol. The second-order valence-corrected chi connectivity index (χ2v) is 8.41. The highest BCUT2D eigenvalue weighted by molar-refractivity contribution is 7.98. The Balaban J connectivity index is 1.43. The summed E-state index contributed by atoms with van der Waals surface area (Å²) in [6.45, 7) is 2.02. The van der Waals surface area contributed by atoms with Crippen LogP contribution in [-0.4, -0.2) is 18.1 Å². The van der Waals surface area contributed by atoms with Crippen molar-refractivity contribution in [1.29, 1.82) is 0 Å². The summed E-state index contributed by atoms with van der Waals surface area (Å²) >= 11 is 8.29. The summed E-state index contributed by atoms with van der Waals surface area (Å²) in [7, 11) is 0. The molecule has 148 valence electrons. The molecule has 1 aliphatic rings. The van der Waals surface area contributed by atoms with E-state index < -0.39 is 0 Å². The summed E-state index contributed by atoms with van der Waals surface area (Å²) in [5, 5.41) is 4.29. The quantitative estimate of drug-likeness (QED) is 0.506. The number of benzene rings is 2. The van der Waals surface area contributed by atoms with E-state index in [0.29, 0.717) is 0 Å². The molecule has 2 heterocycles. The maximum atomic E-state index is 13.0. The molecule has 29 heavy (non-hydrogen) atoms. The van der Waals surface area contributed by atoms with Gasteiger partial charge in [0.05, 0.1) is 10.7 Å². The Kier molecular flexibility index (Phi) is 6.65. The lowest BCUT2D eigenvalue weighted by molar-refractivity contribution is 0.628. The highest BCUT2D eigenvalue weighted by atomic mass is 35.5. The first-order valence-corrected chi connectivity index (χ1v) is 11.1. The molecule has 0 spiro atoms. The van der Waals surface area contributed by atoms with Gasteiger partial charge in [-0.05, 0) is 72.5 Å². The third-order valence-corrected chi connectivity index (χ3v) is 6.60. The Morgan fingerprint density at radius 2 is 1.72 bits per heavy atom. The SMILES string of the molecule is Fc1ccc(/C=C\c2ccc(CSc3c(Cl)ccc4c3CCNCC4)nc2)cc1. The van der Waals surface area contributed by atoms with Crippen LogP contribution in [0.1, 0.15) is 27.9 Å². The Bertz CT molecular complexity index is 1000. The smallest absolute Gasteiger partial charge is 0.123 e. The highest BCUT2D eigenvalue weighted by Gasteiger charge is 2.15. The molecule has 1 aliphatic heterocycles. The number of pyridine rings is 1. The zero-order valence-corrected chi connectivity index (χ0v) is 17.6. The van der Waals surface area contributed by atoms with E-state index >= 15 is 0 Å². The summed E-state index contributed by atoms with van der Waals surface area (Å²) in [5.74, 6) is 0.559. The van der Waals surface area contributed by atoms with Gasteiger partial charge in [0, 0.05) is 16.8 Å². The summed E-state index contributed by atoms with van der Waals surface area (Å²) in [6, 6.07) is 14.7. The van der Waals surface area contributed by atoms with Crippen LogP contribution in [0.4, 0.5) is 4.39 Å². The lowest BCUT2D eigenvalue weighted by Crippen LogP contribution is -2.16. The molecule has 0 saturated carbocycles. The summed E-state index contributed by atoms with van der Waals surface area (Å²) in [6.07, 6.45) is 7.87. The predicted molar refractivity (Wildman–Crippen MR) is 121 cm³/mol. The number of nitrogens with one attached hydrogen (secondary N) is 1. The van der Waals surface area contributed by atoms with Gasteiger partial charge in [-0.3, -0.25) is 4.98 Å². The molecule has 0 unspecified atom stereocenters. The van der Waals surface area contributed by atoms with Gasteiger partial charge in [-0.25, -0.2) is 4.39 Å². The van der Waals surface area contributed by atoms with Crippen LogP contribution in [0.25, 0.3) is 12.2 Å². The predicted octanol–water partition coefficient (Wildman–Crippen LogP) is 6.03. The third-order valence-electron chi connectivity index (χ3n) is 4.98. The Labute approximate surface area is 180 Å². The normalized spacial score (nSPS) is 14.0. The number of thioether (sulfide) groups is 1. The van der Waals surface area contributed by atoms with Crippen molar-refractivity contribution in [3.63, 3.8) is 0 Å². The van der Waals surface area contributed by atoms with Crippen LogP contribution in [0.15, 0.2) is 59.6 Å². The van der Waals surface area contributed by atoms with E-state index in [-0.39, 0.29) is 5.82 Å². The van der Waals surface area contributed by atoms with E-state index in [0.717, 1.165) is 53.5 Å². The number of nitrogens with zero attached hydrogens (tertiary/aromatic N) is 1. The summed E-state index contributed by atoms with van der Waals surface area (Å²) < 4.78 is 13.0. The van der Waals surface area contributed by atoms with Crippen LogP contribution in [0.5, 0.6) is 0 Å². The number of hydrogen-bond acceptors (Lipinski definition) is 3. The van der Waals surface area contributed by atoms with Crippen LogP contribution in [0.2, 0.25) is 5.02 Å². The van der Waals surface area contributed by atoms with Crippen molar-refractivity contribution >= 4 is 35.5 Å². The van der Waals surface area contributed by atoms with Crippen LogP contribution >= 0.6 is 23.4 Å². The first-order valence-electron chi connectivity index (χ1n) is 9.71. The second-order valence-electron chi connectivity index (χ2n) is 7.02. The molecule has 0 aliphatic carbocycles. The number of aromatic nitrogens is 1. The first-order chi connectivity index (χ1) is 14.2. The van der Waals surface area contributed by atoms with Gasteiger partial charge >= 0.3 is 0 Å². The topological polar surface area (TPSA) is 24.9 Å². The second kappa shape index (κ2) is 9.57. The fourth-order valence-electron chi connectivity index (χ4n) is 3.40. The largest absolute Gasteiger partial charge is 0.316 e. The molecular formula is C24H22ClFN2S. The number of halogens is 2. The lowest BCUT2D eigenvalue weighted by atomic mass is 10.0. The highest BCUT2D eigenvalue weighted by Crippen LogP contribution is 2.35. The average molecular weight is 425 g/mol. The molecule has 0 amide bonds. The summed E-state index contributed by atoms with van der Waals surface area (Å²) in [5.41, 5.74) is 5.78. The van der Waals surface area contributed by atoms with Crippen LogP contribution in [0.3, 0.4) is 0 Å². The molecule has 5 heteroatoms. The Morgan fingerprint density at radius 3 is 2.52 bits per heavy atom. The number of fused-ring (bicyclic) bond motifs is 1. The van der Waals surface area contributed by atoms with E-state index in [2.05, 4.69) is 28.5 Å². The molecule has 0 fully saturated rings. The maximum Gasteiger partial charge on any atom is 0.123 e. The van der Waals surface area contributed by atoms with Gasteiger partial charge in [0.1, 0.15) is 5.82 Å². The zero-order chi connectivity index (χ0) is 20.1. The van der Waals surface area contributed by atoms with E-state index in [1.165, 1.54) is 28.2 Å². The van der Waals surface area contributed by atoms with Gasteiger partial charge in [0.15, 0.2) is 0 Å². The maximum absolute atomic E-state index is 13.0. The van der Waals surface area contributed by atoms with Gasteiger partial charge in [-0.15, -0.1) is 11.8 Å². The fraction of sp³-hybridized carbons (Fsp3) is 0.208. The van der Waals surface area contributed by atoms with E-state index in [1.807, 2.05) is 24.4 Å². The van der Waals surface area contributed by atoms with Crippen LogP contribution in [-0.2, 0) is 18.6 Å². The number of hydrogen-bond donors (Lipinski definition) is 1. The molecule has 0 atom stereocenters. The molecule has 0 bridgehead atoms. The standard InChI is InChI=1S/C24H22ClFN2S/c25-23-10-6-19-11-13-27-14-12-22(19)24(23)29-16-21-9-5-18(15-28-21)2-1-17-3-7-20(26)8-4-17/h1-10,15,27H,11-14,16H2/b2-1-. The van der Waals surface area contributed by atoms with Crippen molar-refractivity contribution in [2.24, 2.45) is 0 Å². The van der Waals surface area contributed by atoms with E-state index in [9.17, 15) is 4.39 Å². The van der Waals surface area contributed by atoms with Crippen molar-refractivity contribution in [1.82, 2.24) is 10.3 Å². The van der Waals surface area contributed by atoms with Gasteiger partial charge in [-0.2, -0.15) is 0 Å². The molecule has 2 aromatic carbocycles. The minimum atomic E-state index is -0.225. The third kappa shape index (κ3) is 5.27. The minimum Gasteiger partial charge on any atom is -0.316 e. The average Bonchev–Trinajstić information content (AvgIpc) is 2.99. The van der Waals surface area contributed by atoms with E-state index in [1.54, 1.807) is 23.9 Å². The van der Waals surface area contributed by atoms with Crippen molar-refractivity contribution < 1.29 is 4.39 Å². The molecule has 4 rings (SSSR count). The first kappa shape index (κ1) is 20.1. The van der Waals surface area contributed by atoms with Crippen molar-refractivity contribution in [2.75, 3.05) is 13.1 Å². The van der Waals surface area contributed by atoms with Gasteiger partial charge in [0.25, 0.3) is 0 Å². The van der Waals surface area contributed by atoms with Crippen LogP contribution in [0, 0.1) is 5.82 Å². The molecule has 0 saturated heterocycles. The monoisotopic (exact) mass is 424 g/mol. The molecule has 1 N–H and O–H groups in total. The van der Waals surface area contributed by atoms with Crippen molar-refractivity contribution in [3.05, 3.63) is 93.5 Å². The Hall–Kier alpha value is -2.14. The van der Waals surface area contributed by atoms with Gasteiger partial charge < -0.3 is 5.32 Å². The molecule has 0 radical (unpaired) electrons.